The number of aromatic nitrogens is 4. The fourth-order valence-corrected chi connectivity index (χ4v) is 9.67. The maximum Gasteiger partial charge on any atom is 0.235 e. The largest absolute Gasteiger partial charge is 0.410 e. The van der Waals surface area contributed by atoms with E-state index in [0.717, 1.165) is 9.13 Å². The summed E-state index contributed by atoms with van der Waals surface area (Å²) in [7, 11) is -2.95. The molecule has 0 spiro atoms. The Kier molecular flexibility index (Phi) is 10.6. The van der Waals surface area contributed by atoms with Crippen LogP contribution in [0.25, 0.3) is 11.2 Å². The summed E-state index contributed by atoms with van der Waals surface area (Å²) in [5, 5.41) is 5.49. The summed E-state index contributed by atoms with van der Waals surface area (Å²) in [4.78, 5) is 27.4. The smallest absolute Gasteiger partial charge is 0.235 e. The van der Waals surface area contributed by atoms with Crippen LogP contribution in [0.4, 0.5) is 5.82 Å². The van der Waals surface area contributed by atoms with Gasteiger partial charge in [0.2, 0.25) is 11.2 Å². The third kappa shape index (κ3) is 7.49. The molecule has 44 heavy (non-hydrogen) atoms. The minimum Gasteiger partial charge on any atom is -0.410 e. The standard InChI is InChI=1S/C30H46ClIN6O3SSi2/c1-29(2,3)43(8,9)40-21-22(41-44(10,11)30(4,5)6)27(42-23(21)26(39)33-7)38-17-35-20-24(36-28(31)37-25(20)38)34-16-18-13-12-14-19(32)15-18/h12-15,17,21-23,27H,16H2,1-11H3,(H,33,39)(H,34,36,37). The summed E-state index contributed by atoms with van der Waals surface area (Å²) in [6.07, 6.45) is 0.876. The van der Waals surface area contributed by atoms with Crippen LogP contribution in [-0.2, 0) is 20.2 Å². The molecule has 242 valence electrons. The predicted molar refractivity (Wildman–Crippen MR) is 195 cm³/mol. The van der Waals surface area contributed by atoms with Gasteiger partial charge in [-0.25, -0.2) is 4.98 Å². The molecule has 0 radical (unpaired) electrons. The number of halogens is 2. The van der Waals surface area contributed by atoms with Gasteiger partial charge in [0.15, 0.2) is 33.6 Å². The highest BCUT2D eigenvalue weighted by Gasteiger charge is 2.56. The van der Waals surface area contributed by atoms with Crippen LogP contribution in [0.1, 0.15) is 52.5 Å². The lowest BCUT2D eigenvalue weighted by atomic mass is 10.1. The second kappa shape index (κ2) is 13.1. The maximum absolute atomic E-state index is 13.5. The SMILES string of the molecule is CNC(=O)C1SC(n2cnc3c(NCc4cccc(I)c4)nc(Cl)nc32)C(O[Si](C)(C)C(C)(C)C)C1O[Si](C)(C)C(C)(C)C. The number of nitrogens with zero attached hydrogens (tertiary/aromatic N) is 4. The zero-order valence-electron chi connectivity index (χ0n) is 27.6. The first-order chi connectivity index (χ1) is 20.3. The molecule has 1 aromatic carbocycles. The number of nitrogens with one attached hydrogen (secondary N) is 2. The van der Waals surface area contributed by atoms with Crippen LogP contribution in [0, 0.1) is 3.57 Å². The summed E-state index contributed by atoms with van der Waals surface area (Å²) >= 11 is 10.4. The molecule has 1 fully saturated rings. The van der Waals surface area contributed by atoms with E-state index in [2.05, 4.69) is 129 Å². The Labute approximate surface area is 286 Å². The number of amides is 1. The number of hydrogen-bond acceptors (Lipinski definition) is 8. The Bertz CT molecular complexity index is 1510. The van der Waals surface area contributed by atoms with Gasteiger partial charge in [-0.1, -0.05) is 53.7 Å². The second-order valence-electron chi connectivity index (χ2n) is 14.4. The first kappa shape index (κ1) is 35.6. The topological polar surface area (TPSA) is 103 Å². The fourth-order valence-electron chi connectivity index (χ4n) is 4.54. The van der Waals surface area contributed by atoms with Crippen molar-refractivity contribution in [2.24, 2.45) is 0 Å². The van der Waals surface area contributed by atoms with Crippen molar-refractivity contribution in [3.8, 4) is 0 Å². The number of benzene rings is 1. The zero-order valence-corrected chi connectivity index (χ0v) is 33.3. The summed E-state index contributed by atoms with van der Waals surface area (Å²) in [5.74, 6) is 0.473. The Balaban J connectivity index is 1.81. The van der Waals surface area contributed by atoms with Crippen molar-refractivity contribution in [1.29, 1.82) is 0 Å². The number of carbonyl (C=O) groups is 1. The van der Waals surface area contributed by atoms with Crippen LogP contribution in [-0.4, -0.2) is 66.6 Å². The first-order valence-corrected chi connectivity index (χ1v) is 23.1. The summed E-state index contributed by atoms with van der Waals surface area (Å²) in [6, 6.07) is 8.26. The average Bonchev–Trinajstić information content (AvgIpc) is 3.46. The van der Waals surface area contributed by atoms with Crippen molar-refractivity contribution in [3.63, 3.8) is 0 Å². The molecular formula is C30H46ClIN6O3SSi2. The molecule has 0 aliphatic carbocycles. The lowest BCUT2D eigenvalue weighted by molar-refractivity contribution is -0.122. The zero-order chi connectivity index (χ0) is 32.8. The highest BCUT2D eigenvalue weighted by Crippen LogP contribution is 2.51. The van der Waals surface area contributed by atoms with E-state index < -0.39 is 34.1 Å². The molecular weight excluding hydrogens is 743 g/mol. The van der Waals surface area contributed by atoms with Crippen LogP contribution in [0.3, 0.4) is 0 Å². The molecule has 1 aliphatic rings. The number of hydrogen-bond donors (Lipinski definition) is 2. The van der Waals surface area contributed by atoms with Crippen LogP contribution in [0.2, 0.25) is 41.5 Å². The molecule has 3 heterocycles. The molecule has 3 aromatic rings. The summed E-state index contributed by atoms with van der Waals surface area (Å²) < 4.78 is 17.5. The average molecular weight is 789 g/mol. The van der Waals surface area contributed by atoms with Crippen LogP contribution >= 0.6 is 46.0 Å². The molecule has 4 rings (SSSR count). The molecule has 4 unspecified atom stereocenters. The highest BCUT2D eigenvalue weighted by atomic mass is 127. The van der Waals surface area contributed by atoms with Gasteiger partial charge in [0.25, 0.3) is 0 Å². The van der Waals surface area contributed by atoms with E-state index in [0.29, 0.717) is 23.5 Å². The Morgan fingerprint density at radius 2 is 1.66 bits per heavy atom. The first-order valence-electron chi connectivity index (χ1n) is 14.9. The highest BCUT2D eigenvalue weighted by molar-refractivity contribution is 14.1. The molecule has 4 atom stereocenters. The van der Waals surface area contributed by atoms with E-state index >= 15 is 0 Å². The van der Waals surface area contributed by atoms with Crippen molar-refractivity contribution >= 4 is 85.5 Å². The van der Waals surface area contributed by atoms with Gasteiger partial charge in [0.05, 0.1) is 12.4 Å². The van der Waals surface area contributed by atoms with Crippen molar-refractivity contribution in [2.75, 3.05) is 12.4 Å². The Hall–Kier alpha value is -1.24. The minimum atomic E-state index is -2.32. The fraction of sp³-hybridized carbons (Fsp3) is 0.600. The molecule has 2 N–H and O–H groups in total. The third-order valence-electron chi connectivity index (χ3n) is 9.19. The molecule has 1 saturated heterocycles. The Morgan fingerprint density at radius 3 is 2.23 bits per heavy atom. The van der Waals surface area contributed by atoms with Gasteiger partial charge < -0.3 is 19.5 Å². The van der Waals surface area contributed by atoms with Crippen LogP contribution in [0.5, 0.6) is 0 Å². The number of rotatable bonds is 9. The van der Waals surface area contributed by atoms with Gasteiger partial charge >= 0.3 is 0 Å². The molecule has 9 nitrogen and oxygen atoms in total. The van der Waals surface area contributed by atoms with Gasteiger partial charge in [-0.05, 0) is 88.2 Å². The quantitative estimate of drug-likeness (QED) is 0.129. The lowest BCUT2D eigenvalue weighted by Crippen LogP contribution is -2.55. The van der Waals surface area contributed by atoms with E-state index in [9.17, 15) is 4.79 Å². The van der Waals surface area contributed by atoms with Crippen LogP contribution in [0.15, 0.2) is 30.6 Å². The van der Waals surface area contributed by atoms with E-state index in [1.54, 1.807) is 13.4 Å². The number of fused-ring (bicyclic) bond motifs is 1. The third-order valence-corrected chi connectivity index (χ3v) is 20.5. The predicted octanol–water partition coefficient (Wildman–Crippen LogP) is 7.84. The number of anilines is 1. The summed E-state index contributed by atoms with van der Waals surface area (Å²) in [5.41, 5.74) is 2.31. The van der Waals surface area contributed by atoms with Crippen molar-refractivity contribution in [1.82, 2.24) is 24.8 Å². The van der Waals surface area contributed by atoms with E-state index in [1.807, 2.05) is 10.6 Å². The Morgan fingerprint density at radius 1 is 1.05 bits per heavy atom. The number of thioether (sulfide) groups is 1. The van der Waals surface area contributed by atoms with Gasteiger partial charge in [-0.3, -0.25) is 9.36 Å². The molecule has 0 saturated carbocycles. The second-order valence-corrected chi connectivity index (χ2v) is 26.8. The molecule has 0 bridgehead atoms. The van der Waals surface area contributed by atoms with Crippen molar-refractivity contribution in [3.05, 3.63) is 45.0 Å². The number of imidazole rings is 1. The van der Waals surface area contributed by atoms with E-state index in [4.69, 9.17) is 25.4 Å². The summed E-state index contributed by atoms with van der Waals surface area (Å²) in [6.45, 7) is 22.8. The molecule has 14 heteroatoms. The maximum atomic E-state index is 13.5. The van der Waals surface area contributed by atoms with Gasteiger partial charge in [0, 0.05) is 17.2 Å². The monoisotopic (exact) mass is 788 g/mol. The minimum absolute atomic E-state index is 0.0512. The number of carbonyl (C=O) groups excluding carboxylic acids is 1. The van der Waals surface area contributed by atoms with Crippen molar-refractivity contribution in [2.45, 2.75) is 107 Å². The lowest BCUT2D eigenvalue weighted by Gasteiger charge is -2.44. The molecule has 2 aromatic heterocycles. The normalized spacial score (nSPS) is 21.6. The van der Waals surface area contributed by atoms with E-state index in [1.165, 1.54) is 11.8 Å². The van der Waals surface area contributed by atoms with Gasteiger partial charge in [-0.15, -0.1) is 11.8 Å². The molecule has 1 amide bonds. The van der Waals surface area contributed by atoms with Crippen LogP contribution < -0.4 is 10.6 Å². The van der Waals surface area contributed by atoms with E-state index in [-0.39, 0.29) is 26.6 Å². The molecule has 1 aliphatic heterocycles. The van der Waals surface area contributed by atoms with Gasteiger partial charge in [-0.2, -0.15) is 9.97 Å². The van der Waals surface area contributed by atoms with Gasteiger partial charge in [0.1, 0.15) is 16.7 Å². The van der Waals surface area contributed by atoms with Crippen molar-refractivity contribution < 1.29 is 13.6 Å².